The number of likely N-dealkylation sites (tertiary alicyclic amines) is 1. The number of rotatable bonds is 6. The van der Waals surface area contributed by atoms with E-state index in [9.17, 15) is 9.59 Å². The quantitative estimate of drug-likeness (QED) is 0.708. The predicted molar refractivity (Wildman–Crippen MR) is 129 cm³/mol. The standard InChI is InChI=1S/C27H40N4O2/c32-25(29-22-10-2-1-3-11-22)14-4-13-24-23-12-7-17-30-16-6-9-21(26(23)30)19-31(24)27(33)20-8-5-15-28-18-20/h5,8,15,18,21-24,26H,1-4,6-7,9-14,16-17,19H2,(H,29,32)/t21-,23+,24+,26-/m0/s1. The molecule has 2 amide bonds. The molecule has 4 heterocycles. The van der Waals surface area contributed by atoms with Gasteiger partial charge in [-0.1, -0.05) is 19.3 Å². The molecule has 3 saturated heterocycles. The third kappa shape index (κ3) is 5.11. The van der Waals surface area contributed by atoms with E-state index >= 15 is 0 Å². The van der Waals surface area contributed by atoms with Gasteiger partial charge < -0.3 is 10.2 Å². The molecule has 1 N–H and O–H groups in total. The molecule has 0 aromatic carbocycles. The molecule has 1 aromatic heterocycles. The highest BCUT2D eigenvalue weighted by Gasteiger charge is 2.49. The van der Waals surface area contributed by atoms with Crippen molar-refractivity contribution in [2.75, 3.05) is 19.6 Å². The molecule has 1 aliphatic carbocycles. The second kappa shape index (κ2) is 10.5. The van der Waals surface area contributed by atoms with E-state index in [0.717, 1.165) is 32.2 Å². The normalized spacial score (nSPS) is 30.5. The van der Waals surface area contributed by atoms with E-state index in [1.54, 1.807) is 12.4 Å². The fraction of sp³-hybridized carbons (Fsp3) is 0.741. The van der Waals surface area contributed by atoms with Gasteiger partial charge in [-0.15, -0.1) is 0 Å². The molecule has 33 heavy (non-hydrogen) atoms. The summed E-state index contributed by atoms with van der Waals surface area (Å²) in [6.45, 7) is 3.28. The molecule has 6 heteroatoms. The lowest BCUT2D eigenvalue weighted by Gasteiger charge is -2.57. The Morgan fingerprint density at radius 1 is 1.03 bits per heavy atom. The number of carbonyl (C=O) groups excluding carboxylic acids is 2. The second-order valence-electron chi connectivity index (χ2n) is 10.8. The van der Waals surface area contributed by atoms with Crippen molar-refractivity contribution in [3.63, 3.8) is 0 Å². The molecule has 4 atom stereocenters. The van der Waals surface area contributed by atoms with Crippen LogP contribution in [0.3, 0.4) is 0 Å². The highest BCUT2D eigenvalue weighted by atomic mass is 16.2. The van der Waals surface area contributed by atoms with Crippen molar-refractivity contribution in [1.29, 1.82) is 0 Å². The zero-order valence-corrected chi connectivity index (χ0v) is 20.0. The van der Waals surface area contributed by atoms with Gasteiger partial charge in [0, 0.05) is 43.5 Å². The minimum absolute atomic E-state index is 0.126. The summed E-state index contributed by atoms with van der Waals surface area (Å²) in [6, 6.07) is 4.96. The average molecular weight is 453 g/mol. The Hall–Kier alpha value is -1.95. The highest BCUT2D eigenvalue weighted by molar-refractivity contribution is 5.94. The van der Waals surface area contributed by atoms with Crippen LogP contribution in [0, 0.1) is 11.8 Å². The van der Waals surface area contributed by atoms with Crippen molar-refractivity contribution in [2.45, 2.75) is 95.2 Å². The Labute approximate surface area is 198 Å². The van der Waals surface area contributed by atoms with Gasteiger partial charge in [-0.25, -0.2) is 0 Å². The van der Waals surface area contributed by atoms with E-state index < -0.39 is 0 Å². The van der Waals surface area contributed by atoms with Gasteiger partial charge in [-0.3, -0.25) is 19.5 Å². The van der Waals surface area contributed by atoms with Gasteiger partial charge in [0.15, 0.2) is 0 Å². The van der Waals surface area contributed by atoms with E-state index in [1.165, 1.54) is 58.0 Å². The summed E-state index contributed by atoms with van der Waals surface area (Å²) in [7, 11) is 0. The maximum Gasteiger partial charge on any atom is 0.255 e. The first kappa shape index (κ1) is 22.8. The Morgan fingerprint density at radius 2 is 1.85 bits per heavy atom. The number of piperidine rings is 3. The maximum atomic E-state index is 13.6. The largest absolute Gasteiger partial charge is 0.353 e. The Balaban J connectivity index is 1.28. The molecular weight excluding hydrogens is 412 g/mol. The van der Waals surface area contributed by atoms with Crippen LogP contribution in [0.5, 0.6) is 0 Å². The number of pyridine rings is 1. The molecule has 4 aliphatic rings. The van der Waals surface area contributed by atoms with Crippen LogP contribution >= 0.6 is 0 Å². The van der Waals surface area contributed by atoms with Gasteiger partial charge in [0.05, 0.1) is 5.56 Å². The van der Waals surface area contributed by atoms with Gasteiger partial charge in [0.1, 0.15) is 0 Å². The predicted octanol–water partition coefficient (Wildman–Crippen LogP) is 4.02. The molecule has 180 valence electrons. The fourth-order valence-electron chi connectivity index (χ4n) is 7.27. The van der Waals surface area contributed by atoms with E-state index in [2.05, 4.69) is 20.1 Å². The van der Waals surface area contributed by atoms with Crippen LogP contribution in [0.2, 0.25) is 0 Å². The summed E-state index contributed by atoms with van der Waals surface area (Å²) in [5.74, 6) is 1.43. The summed E-state index contributed by atoms with van der Waals surface area (Å²) >= 11 is 0. The molecule has 6 nitrogen and oxygen atoms in total. The van der Waals surface area contributed by atoms with Crippen molar-refractivity contribution < 1.29 is 9.59 Å². The monoisotopic (exact) mass is 452 g/mol. The van der Waals surface area contributed by atoms with Gasteiger partial charge >= 0.3 is 0 Å². The summed E-state index contributed by atoms with van der Waals surface area (Å²) in [6.07, 6.45) is 16.7. The van der Waals surface area contributed by atoms with Crippen LogP contribution in [0.25, 0.3) is 0 Å². The van der Waals surface area contributed by atoms with Gasteiger partial charge in [-0.2, -0.15) is 0 Å². The number of nitrogens with zero attached hydrogens (tertiary/aromatic N) is 3. The molecule has 0 spiro atoms. The fourth-order valence-corrected chi connectivity index (χ4v) is 7.27. The summed E-state index contributed by atoms with van der Waals surface area (Å²) < 4.78 is 0. The van der Waals surface area contributed by atoms with E-state index in [-0.39, 0.29) is 17.9 Å². The molecule has 1 saturated carbocycles. The Bertz CT molecular complexity index is 808. The zero-order valence-electron chi connectivity index (χ0n) is 20.0. The van der Waals surface area contributed by atoms with Gasteiger partial charge in [0.25, 0.3) is 5.91 Å². The first-order valence-electron chi connectivity index (χ1n) is 13.4. The number of carbonyl (C=O) groups is 2. The third-order valence-electron chi connectivity index (χ3n) is 8.72. The van der Waals surface area contributed by atoms with Crippen molar-refractivity contribution in [3.05, 3.63) is 30.1 Å². The number of hydrogen-bond acceptors (Lipinski definition) is 4. The van der Waals surface area contributed by atoms with Gasteiger partial charge in [-0.05, 0) is 88.4 Å². The van der Waals surface area contributed by atoms with Crippen molar-refractivity contribution >= 4 is 11.8 Å². The SMILES string of the molecule is O=C(CCC[C@@H]1[C@H]2CCCN3CCC[C@@H](CN1C(=O)c1cccnc1)[C@@H]23)NC1CCCCC1. The van der Waals surface area contributed by atoms with Gasteiger partial charge in [0.2, 0.25) is 5.91 Å². The minimum Gasteiger partial charge on any atom is -0.353 e. The number of hydrogen-bond donors (Lipinski definition) is 1. The second-order valence-corrected chi connectivity index (χ2v) is 10.8. The van der Waals surface area contributed by atoms with Crippen molar-refractivity contribution in [2.24, 2.45) is 11.8 Å². The smallest absolute Gasteiger partial charge is 0.255 e. The number of aromatic nitrogens is 1. The molecule has 3 aliphatic heterocycles. The van der Waals surface area contributed by atoms with E-state index in [0.29, 0.717) is 35.9 Å². The third-order valence-corrected chi connectivity index (χ3v) is 8.72. The molecule has 4 fully saturated rings. The first-order valence-corrected chi connectivity index (χ1v) is 13.4. The Morgan fingerprint density at radius 3 is 2.64 bits per heavy atom. The van der Waals surface area contributed by atoms with Crippen LogP contribution in [0.1, 0.15) is 87.4 Å². The van der Waals surface area contributed by atoms with Crippen LogP contribution in [-0.4, -0.2) is 64.4 Å². The molecule has 5 rings (SSSR count). The average Bonchev–Trinajstić information content (AvgIpc) is 2.86. The topological polar surface area (TPSA) is 65.5 Å². The number of amides is 2. The highest BCUT2D eigenvalue weighted by Crippen LogP contribution is 2.43. The van der Waals surface area contributed by atoms with Crippen LogP contribution in [0.4, 0.5) is 0 Å². The zero-order chi connectivity index (χ0) is 22.6. The lowest BCUT2D eigenvalue weighted by atomic mass is 9.69. The molecule has 0 unspecified atom stereocenters. The molecular formula is C27H40N4O2. The van der Waals surface area contributed by atoms with Crippen LogP contribution in [-0.2, 0) is 4.79 Å². The lowest BCUT2D eigenvalue weighted by molar-refractivity contribution is -0.122. The maximum absolute atomic E-state index is 13.6. The van der Waals surface area contributed by atoms with Crippen LogP contribution in [0.15, 0.2) is 24.5 Å². The van der Waals surface area contributed by atoms with Crippen molar-refractivity contribution in [1.82, 2.24) is 20.1 Å². The first-order chi connectivity index (χ1) is 16.2. The van der Waals surface area contributed by atoms with E-state index in [1.807, 2.05) is 12.1 Å². The number of nitrogens with one attached hydrogen (secondary N) is 1. The van der Waals surface area contributed by atoms with E-state index in [4.69, 9.17) is 0 Å². The summed E-state index contributed by atoms with van der Waals surface area (Å²) in [4.78, 5) is 35.3. The summed E-state index contributed by atoms with van der Waals surface area (Å²) in [5, 5.41) is 3.27. The Kier molecular flexibility index (Phi) is 7.29. The summed E-state index contributed by atoms with van der Waals surface area (Å²) in [5.41, 5.74) is 0.694. The molecule has 0 bridgehead atoms. The minimum atomic E-state index is 0.126. The van der Waals surface area contributed by atoms with Crippen LogP contribution < -0.4 is 5.32 Å². The lowest BCUT2D eigenvalue weighted by Crippen LogP contribution is -2.65. The molecule has 0 radical (unpaired) electrons. The van der Waals surface area contributed by atoms with Crippen molar-refractivity contribution in [3.8, 4) is 0 Å². The molecule has 1 aromatic rings.